The molecule has 7 nitrogen and oxygen atoms in total. The van der Waals surface area contributed by atoms with Crippen LogP contribution >= 0.6 is 0 Å². The molecule has 1 aliphatic rings. The number of carbonyl (C=O) groups is 1. The molecule has 1 aromatic carbocycles. The van der Waals surface area contributed by atoms with Crippen molar-refractivity contribution in [3.8, 4) is 17.4 Å². The minimum absolute atomic E-state index is 0.108. The van der Waals surface area contributed by atoms with Gasteiger partial charge in [-0.25, -0.2) is 4.68 Å². The summed E-state index contributed by atoms with van der Waals surface area (Å²) in [5.41, 5.74) is 3.94. The molecule has 29 heavy (non-hydrogen) atoms. The average Bonchev–Trinajstić information content (AvgIpc) is 3.35. The van der Waals surface area contributed by atoms with Crippen molar-refractivity contribution in [2.75, 3.05) is 5.32 Å². The minimum Gasteiger partial charge on any atom is -0.438 e. The Hall–Kier alpha value is -3.22. The molecule has 0 unspecified atom stereocenters. The molecule has 0 spiro atoms. The third kappa shape index (κ3) is 4.13. The first-order valence-electron chi connectivity index (χ1n) is 9.97. The van der Waals surface area contributed by atoms with Crippen molar-refractivity contribution >= 4 is 11.6 Å². The van der Waals surface area contributed by atoms with Crippen LogP contribution in [0.4, 0.5) is 5.69 Å². The maximum Gasteiger partial charge on any atom is 0.238 e. The Balaban J connectivity index is 1.40. The molecule has 2 aromatic heterocycles. The highest BCUT2D eigenvalue weighted by Gasteiger charge is 2.22. The Morgan fingerprint density at radius 1 is 1.03 bits per heavy atom. The van der Waals surface area contributed by atoms with Crippen molar-refractivity contribution in [2.45, 2.75) is 46.5 Å². The second-order valence-corrected chi connectivity index (χ2v) is 7.53. The van der Waals surface area contributed by atoms with Gasteiger partial charge in [0.1, 0.15) is 5.75 Å². The van der Waals surface area contributed by atoms with Crippen molar-refractivity contribution in [3.63, 3.8) is 0 Å². The van der Waals surface area contributed by atoms with Gasteiger partial charge in [-0.05, 0) is 69.5 Å². The van der Waals surface area contributed by atoms with Crippen molar-refractivity contribution in [2.24, 2.45) is 5.92 Å². The predicted octanol–water partition coefficient (Wildman–Crippen LogP) is 4.51. The standard InChI is InChI=1S/C22H25N5O2/c1-14-15(2)26-27(16(14)3)20-12-13-21(25-24-20)29-19-10-8-18(9-11-19)23-22(28)17-6-4-5-7-17/h8-13,17H,4-7H2,1-3H3,(H,23,28). The van der Waals surface area contributed by atoms with Crippen LogP contribution in [0.1, 0.15) is 42.6 Å². The smallest absolute Gasteiger partial charge is 0.238 e. The summed E-state index contributed by atoms with van der Waals surface area (Å²) >= 11 is 0. The lowest BCUT2D eigenvalue weighted by molar-refractivity contribution is -0.119. The zero-order valence-electron chi connectivity index (χ0n) is 17.0. The molecule has 1 saturated carbocycles. The molecule has 0 aliphatic heterocycles. The van der Waals surface area contributed by atoms with Crippen molar-refractivity contribution in [1.29, 1.82) is 0 Å². The van der Waals surface area contributed by atoms with Gasteiger partial charge in [-0.2, -0.15) is 5.10 Å². The first-order chi connectivity index (χ1) is 14.0. The summed E-state index contributed by atoms with van der Waals surface area (Å²) in [6.07, 6.45) is 4.26. The van der Waals surface area contributed by atoms with E-state index < -0.39 is 0 Å². The maximum atomic E-state index is 12.2. The van der Waals surface area contributed by atoms with Crippen LogP contribution in [0.15, 0.2) is 36.4 Å². The summed E-state index contributed by atoms with van der Waals surface area (Å²) in [5, 5.41) is 15.9. The zero-order valence-corrected chi connectivity index (χ0v) is 17.0. The van der Waals surface area contributed by atoms with Gasteiger partial charge in [-0.3, -0.25) is 4.79 Å². The number of amides is 1. The van der Waals surface area contributed by atoms with Gasteiger partial charge in [0.15, 0.2) is 5.82 Å². The number of hydrogen-bond donors (Lipinski definition) is 1. The SMILES string of the molecule is Cc1nn(-c2ccc(Oc3ccc(NC(=O)C4CCCC4)cc3)nn2)c(C)c1C. The van der Waals surface area contributed by atoms with E-state index in [9.17, 15) is 4.79 Å². The van der Waals surface area contributed by atoms with Crippen LogP contribution in [-0.4, -0.2) is 25.9 Å². The number of rotatable bonds is 5. The number of hydrogen-bond acceptors (Lipinski definition) is 5. The Bertz CT molecular complexity index is 1000. The lowest BCUT2D eigenvalue weighted by Crippen LogP contribution is -2.20. The molecule has 3 aromatic rings. The van der Waals surface area contributed by atoms with E-state index in [1.165, 1.54) is 0 Å². The van der Waals surface area contributed by atoms with Gasteiger partial charge in [-0.15, -0.1) is 10.2 Å². The third-order valence-electron chi connectivity index (χ3n) is 5.57. The number of benzene rings is 1. The van der Waals surface area contributed by atoms with Crippen LogP contribution in [0.25, 0.3) is 5.82 Å². The van der Waals surface area contributed by atoms with E-state index in [1.54, 1.807) is 10.7 Å². The quantitative estimate of drug-likeness (QED) is 0.692. The maximum absolute atomic E-state index is 12.2. The lowest BCUT2D eigenvalue weighted by Gasteiger charge is -2.11. The van der Waals surface area contributed by atoms with E-state index in [0.717, 1.165) is 48.3 Å². The van der Waals surface area contributed by atoms with Crippen molar-refractivity contribution in [3.05, 3.63) is 53.3 Å². The normalized spacial score (nSPS) is 14.2. The summed E-state index contributed by atoms with van der Waals surface area (Å²) in [6, 6.07) is 10.9. The number of anilines is 1. The van der Waals surface area contributed by atoms with Gasteiger partial charge < -0.3 is 10.1 Å². The second-order valence-electron chi connectivity index (χ2n) is 7.53. The van der Waals surface area contributed by atoms with Gasteiger partial charge >= 0.3 is 0 Å². The Kier molecular flexibility index (Phi) is 5.29. The Morgan fingerprint density at radius 3 is 2.34 bits per heavy atom. The highest BCUT2D eigenvalue weighted by molar-refractivity contribution is 5.92. The van der Waals surface area contributed by atoms with Gasteiger partial charge in [0.2, 0.25) is 11.8 Å². The monoisotopic (exact) mass is 391 g/mol. The highest BCUT2D eigenvalue weighted by atomic mass is 16.5. The number of nitrogens with one attached hydrogen (secondary N) is 1. The largest absolute Gasteiger partial charge is 0.438 e. The molecular formula is C22H25N5O2. The molecule has 1 aliphatic carbocycles. The molecule has 2 heterocycles. The topological polar surface area (TPSA) is 81.9 Å². The molecule has 0 radical (unpaired) electrons. The van der Waals surface area contributed by atoms with E-state index in [4.69, 9.17) is 4.74 Å². The zero-order chi connectivity index (χ0) is 20.4. The molecule has 1 fully saturated rings. The summed E-state index contributed by atoms with van der Waals surface area (Å²) in [4.78, 5) is 12.2. The van der Waals surface area contributed by atoms with Crippen LogP contribution in [0.3, 0.4) is 0 Å². The van der Waals surface area contributed by atoms with Crippen LogP contribution < -0.4 is 10.1 Å². The van der Waals surface area contributed by atoms with Gasteiger partial charge in [0.25, 0.3) is 0 Å². The summed E-state index contributed by atoms with van der Waals surface area (Å²) in [6.45, 7) is 6.02. The minimum atomic E-state index is 0.108. The molecule has 1 amide bonds. The average molecular weight is 391 g/mol. The first-order valence-corrected chi connectivity index (χ1v) is 9.97. The molecule has 4 rings (SSSR count). The second kappa shape index (κ2) is 8.03. The Labute approximate surface area is 170 Å². The number of aryl methyl sites for hydroxylation is 1. The van der Waals surface area contributed by atoms with Crippen LogP contribution in [0.5, 0.6) is 11.6 Å². The number of aromatic nitrogens is 4. The number of carbonyl (C=O) groups excluding carboxylic acids is 1. The molecule has 0 saturated heterocycles. The van der Waals surface area contributed by atoms with Gasteiger partial charge in [-0.1, -0.05) is 12.8 Å². The fourth-order valence-electron chi connectivity index (χ4n) is 3.58. The van der Waals surface area contributed by atoms with Crippen LogP contribution in [-0.2, 0) is 4.79 Å². The first kappa shape index (κ1) is 19.1. The van der Waals surface area contributed by atoms with Crippen molar-refractivity contribution < 1.29 is 9.53 Å². The third-order valence-corrected chi connectivity index (χ3v) is 5.57. The fourth-order valence-corrected chi connectivity index (χ4v) is 3.58. The molecule has 150 valence electrons. The fraction of sp³-hybridized carbons (Fsp3) is 0.364. The Morgan fingerprint density at radius 2 is 1.76 bits per heavy atom. The number of nitrogens with zero attached hydrogens (tertiary/aromatic N) is 4. The van der Waals surface area contributed by atoms with Crippen LogP contribution in [0.2, 0.25) is 0 Å². The molecule has 1 N–H and O–H groups in total. The predicted molar refractivity (Wildman–Crippen MR) is 110 cm³/mol. The summed E-state index contributed by atoms with van der Waals surface area (Å²) in [5.74, 6) is 1.93. The summed E-state index contributed by atoms with van der Waals surface area (Å²) in [7, 11) is 0. The molecule has 7 heteroatoms. The number of ether oxygens (including phenoxy) is 1. The highest BCUT2D eigenvalue weighted by Crippen LogP contribution is 2.27. The van der Waals surface area contributed by atoms with E-state index in [1.807, 2.05) is 51.1 Å². The van der Waals surface area contributed by atoms with Gasteiger partial charge in [0, 0.05) is 23.4 Å². The summed E-state index contributed by atoms with van der Waals surface area (Å²) < 4.78 is 7.55. The van der Waals surface area contributed by atoms with Gasteiger partial charge in [0.05, 0.1) is 5.69 Å². The van der Waals surface area contributed by atoms with Crippen molar-refractivity contribution in [1.82, 2.24) is 20.0 Å². The molecule has 0 bridgehead atoms. The lowest BCUT2D eigenvalue weighted by atomic mass is 10.1. The van der Waals surface area contributed by atoms with E-state index in [2.05, 4.69) is 20.6 Å². The molecule has 0 atom stereocenters. The van der Waals surface area contributed by atoms with E-state index in [0.29, 0.717) is 17.4 Å². The van der Waals surface area contributed by atoms with E-state index >= 15 is 0 Å². The van der Waals surface area contributed by atoms with Crippen LogP contribution in [0, 0.1) is 26.7 Å². The van der Waals surface area contributed by atoms with E-state index in [-0.39, 0.29) is 11.8 Å². The molecular weight excluding hydrogens is 366 g/mol.